The summed E-state index contributed by atoms with van der Waals surface area (Å²) in [6, 6.07) is 9.85. The maximum absolute atomic E-state index is 13.2. The van der Waals surface area contributed by atoms with Gasteiger partial charge in [0.2, 0.25) is 0 Å². The third-order valence-corrected chi connectivity index (χ3v) is 2.84. The number of hydrogen-bond donors (Lipinski definition) is 1. The van der Waals surface area contributed by atoms with Crippen LogP contribution in [0.3, 0.4) is 0 Å². The fraction of sp³-hybridized carbons (Fsp3) is 0.143. The van der Waals surface area contributed by atoms with E-state index in [1.165, 1.54) is 6.07 Å². The molecule has 2 aromatic carbocycles. The molecule has 2 aromatic rings. The Hall–Kier alpha value is -1.29. The van der Waals surface area contributed by atoms with Gasteiger partial charge in [0.05, 0.1) is 0 Å². The molecule has 0 saturated heterocycles. The van der Waals surface area contributed by atoms with E-state index in [9.17, 15) is 4.39 Å². The second-order valence-corrected chi connectivity index (χ2v) is 4.41. The van der Waals surface area contributed by atoms with Crippen LogP contribution in [-0.2, 0) is 6.54 Å². The number of rotatable bonds is 3. The Labute approximate surface area is 122 Å². The number of aryl methyl sites for hydroxylation is 1. The molecule has 102 valence electrons. The zero-order valence-electron chi connectivity index (χ0n) is 10.3. The zero-order valence-corrected chi connectivity index (χ0v) is 11.9. The Balaban J connectivity index is 0.00000180. The molecule has 5 heteroatoms. The third-order valence-electron chi connectivity index (χ3n) is 2.61. The second-order valence-electron chi connectivity index (χ2n) is 3.97. The van der Waals surface area contributed by atoms with Crippen molar-refractivity contribution in [3.63, 3.8) is 0 Å². The molecule has 0 aliphatic heterocycles. The van der Waals surface area contributed by atoms with Crippen LogP contribution in [0.4, 0.5) is 4.39 Å². The summed E-state index contributed by atoms with van der Waals surface area (Å²) in [4.78, 5) is 0. The summed E-state index contributed by atoms with van der Waals surface area (Å²) in [5, 5.41) is 0.570. The Morgan fingerprint density at radius 3 is 2.58 bits per heavy atom. The smallest absolute Gasteiger partial charge is 0.133 e. The lowest BCUT2D eigenvalue weighted by Gasteiger charge is -2.11. The number of nitrogens with two attached hydrogens (primary N) is 1. The Morgan fingerprint density at radius 2 is 1.95 bits per heavy atom. The molecule has 0 saturated carbocycles. The summed E-state index contributed by atoms with van der Waals surface area (Å²) in [5.74, 6) is 0.898. The van der Waals surface area contributed by atoms with Gasteiger partial charge in [-0.2, -0.15) is 0 Å². The molecular formula is C14H14Cl2FNO. The molecule has 0 amide bonds. The van der Waals surface area contributed by atoms with E-state index in [0.29, 0.717) is 28.6 Å². The molecule has 2 rings (SSSR count). The van der Waals surface area contributed by atoms with Crippen LogP contribution in [-0.4, -0.2) is 0 Å². The fourth-order valence-electron chi connectivity index (χ4n) is 1.60. The van der Waals surface area contributed by atoms with Crippen LogP contribution in [0.25, 0.3) is 0 Å². The lowest BCUT2D eigenvalue weighted by molar-refractivity contribution is 0.473. The molecule has 2 N–H and O–H groups in total. The van der Waals surface area contributed by atoms with Gasteiger partial charge in [0.15, 0.2) is 0 Å². The van der Waals surface area contributed by atoms with E-state index < -0.39 is 0 Å². The highest BCUT2D eigenvalue weighted by Gasteiger charge is 2.06. The molecular weight excluding hydrogens is 288 g/mol. The average molecular weight is 302 g/mol. The van der Waals surface area contributed by atoms with Crippen LogP contribution in [0.2, 0.25) is 5.02 Å². The van der Waals surface area contributed by atoms with E-state index in [-0.39, 0.29) is 18.2 Å². The molecule has 0 atom stereocenters. The van der Waals surface area contributed by atoms with Crippen molar-refractivity contribution in [1.29, 1.82) is 0 Å². The second kappa shape index (κ2) is 6.75. The Kier molecular flexibility index (Phi) is 5.60. The molecule has 0 aliphatic rings. The van der Waals surface area contributed by atoms with Gasteiger partial charge in [-0.05, 0) is 42.8 Å². The maximum Gasteiger partial charge on any atom is 0.133 e. The van der Waals surface area contributed by atoms with Crippen molar-refractivity contribution in [1.82, 2.24) is 0 Å². The predicted molar refractivity (Wildman–Crippen MR) is 77.8 cm³/mol. The predicted octanol–water partition coefficient (Wildman–Crippen LogP) is 4.46. The van der Waals surface area contributed by atoms with Gasteiger partial charge < -0.3 is 10.5 Å². The van der Waals surface area contributed by atoms with Gasteiger partial charge in [-0.1, -0.05) is 17.7 Å². The van der Waals surface area contributed by atoms with Crippen LogP contribution >= 0.6 is 24.0 Å². The number of hydrogen-bond acceptors (Lipinski definition) is 2. The van der Waals surface area contributed by atoms with Crippen molar-refractivity contribution in [2.24, 2.45) is 5.73 Å². The van der Waals surface area contributed by atoms with Gasteiger partial charge in [0.1, 0.15) is 17.3 Å². The van der Waals surface area contributed by atoms with E-state index in [2.05, 4.69) is 0 Å². The minimum Gasteiger partial charge on any atom is -0.457 e. The van der Waals surface area contributed by atoms with Gasteiger partial charge in [0.25, 0.3) is 0 Å². The first-order valence-electron chi connectivity index (χ1n) is 5.52. The van der Waals surface area contributed by atoms with E-state index in [0.717, 1.165) is 5.56 Å². The van der Waals surface area contributed by atoms with Crippen molar-refractivity contribution in [3.05, 3.63) is 58.4 Å². The maximum atomic E-state index is 13.2. The van der Waals surface area contributed by atoms with Crippen molar-refractivity contribution >= 4 is 24.0 Å². The topological polar surface area (TPSA) is 35.2 Å². The van der Waals surface area contributed by atoms with Gasteiger partial charge >= 0.3 is 0 Å². The largest absolute Gasteiger partial charge is 0.457 e. The van der Waals surface area contributed by atoms with Crippen molar-refractivity contribution in [2.45, 2.75) is 13.5 Å². The molecule has 19 heavy (non-hydrogen) atoms. The van der Waals surface area contributed by atoms with Crippen LogP contribution in [0.5, 0.6) is 11.5 Å². The van der Waals surface area contributed by atoms with E-state index in [4.69, 9.17) is 22.1 Å². The highest BCUT2D eigenvalue weighted by molar-refractivity contribution is 6.30. The van der Waals surface area contributed by atoms with Crippen LogP contribution in [0.15, 0.2) is 36.4 Å². The third kappa shape index (κ3) is 3.83. The number of ether oxygens (including phenoxy) is 1. The minimum atomic E-state index is -0.257. The molecule has 0 spiro atoms. The average Bonchev–Trinajstić information content (AvgIpc) is 2.34. The summed E-state index contributed by atoms with van der Waals surface area (Å²) >= 11 is 5.92. The number of halogens is 3. The summed E-state index contributed by atoms with van der Waals surface area (Å²) in [6.45, 7) is 2.04. The molecule has 2 nitrogen and oxygen atoms in total. The minimum absolute atomic E-state index is 0. The summed E-state index contributed by atoms with van der Waals surface area (Å²) < 4.78 is 18.8. The summed E-state index contributed by atoms with van der Waals surface area (Å²) in [6.07, 6.45) is 0. The quantitative estimate of drug-likeness (QED) is 0.908. The van der Waals surface area contributed by atoms with Crippen LogP contribution in [0.1, 0.15) is 11.1 Å². The van der Waals surface area contributed by atoms with Gasteiger partial charge in [-0.3, -0.25) is 0 Å². The van der Waals surface area contributed by atoms with Crippen LogP contribution < -0.4 is 10.5 Å². The van der Waals surface area contributed by atoms with Crippen molar-refractivity contribution in [2.75, 3.05) is 0 Å². The first-order chi connectivity index (χ1) is 8.60. The highest BCUT2D eigenvalue weighted by atomic mass is 35.5. The lowest BCUT2D eigenvalue weighted by Crippen LogP contribution is -1.99. The molecule has 0 aliphatic carbocycles. The Bertz CT molecular complexity index is 575. The Morgan fingerprint density at radius 1 is 1.21 bits per heavy atom. The van der Waals surface area contributed by atoms with E-state index >= 15 is 0 Å². The normalized spacial score (nSPS) is 9.89. The van der Waals surface area contributed by atoms with Gasteiger partial charge in [0, 0.05) is 17.1 Å². The molecule has 0 aromatic heterocycles. The van der Waals surface area contributed by atoms with Gasteiger partial charge in [-0.25, -0.2) is 4.39 Å². The monoisotopic (exact) mass is 301 g/mol. The van der Waals surface area contributed by atoms with Crippen molar-refractivity contribution < 1.29 is 9.13 Å². The summed E-state index contributed by atoms with van der Waals surface area (Å²) in [7, 11) is 0. The fourth-order valence-corrected chi connectivity index (χ4v) is 1.76. The molecule has 0 unspecified atom stereocenters. The van der Waals surface area contributed by atoms with E-state index in [1.54, 1.807) is 31.2 Å². The first kappa shape index (κ1) is 15.8. The van der Waals surface area contributed by atoms with Crippen molar-refractivity contribution in [3.8, 4) is 11.5 Å². The SMILES string of the molecule is Cc1cc(Oc2cc(Cl)ccc2CN)ccc1F.Cl. The number of benzene rings is 2. The summed E-state index contributed by atoms with van der Waals surface area (Å²) in [5.41, 5.74) is 7.01. The molecule has 0 bridgehead atoms. The standard InChI is InChI=1S/C14H13ClFNO.ClH/c1-9-6-12(4-5-13(9)16)18-14-7-11(15)3-2-10(14)8-17;/h2-7H,8,17H2,1H3;1H. The zero-order chi connectivity index (χ0) is 13.1. The lowest BCUT2D eigenvalue weighted by atomic mass is 10.2. The molecule has 0 heterocycles. The van der Waals surface area contributed by atoms with E-state index in [1.807, 2.05) is 6.07 Å². The van der Waals surface area contributed by atoms with Crippen LogP contribution in [0, 0.1) is 12.7 Å². The van der Waals surface area contributed by atoms with Gasteiger partial charge in [-0.15, -0.1) is 12.4 Å². The molecule has 0 fully saturated rings. The molecule has 0 radical (unpaired) electrons. The first-order valence-corrected chi connectivity index (χ1v) is 5.90. The highest BCUT2D eigenvalue weighted by Crippen LogP contribution is 2.29.